The van der Waals surface area contributed by atoms with Gasteiger partial charge in [-0.05, 0) is 19.1 Å². The van der Waals surface area contributed by atoms with E-state index in [4.69, 9.17) is 4.52 Å². The molecular formula is C11H11N3O2. The molecule has 0 spiro atoms. The Morgan fingerprint density at radius 3 is 2.81 bits per heavy atom. The number of nitrogens with one attached hydrogen (secondary N) is 1. The molecule has 0 saturated heterocycles. The first-order chi connectivity index (χ1) is 7.74. The van der Waals surface area contributed by atoms with Crippen LogP contribution in [-0.4, -0.2) is 16.0 Å². The summed E-state index contributed by atoms with van der Waals surface area (Å²) in [6, 6.07) is 5.19. The summed E-state index contributed by atoms with van der Waals surface area (Å²) < 4.78 is 4.95. The molecule has 16 heavy (non-hydrogen) atoms. The van der Waals surface area contributed by atoms with Gasteiger partial charge in [-0.3, -0.25) is 9.78 Å². The second-order valence-electron chi connectivity index (χ2n) is 3.40. The lowest BCUT2D eigenvalue weighted by atomic mass is 10.3. The molecule has 0 fully saturated rings. The normalized spacial score (nSPS) is 10.1. The lowest BCUT2D eigenvalue weighted by Gasteiger charge is -2.01. The number of aromatic nitrogens is 2. The van der Waals surface area contributed by atoms with E-state index in [1.165, 1.54) is 0 Å². The van der Waals surface area contributed by atoms with Crippen LogP contribution >= 0.6 is 0 Å². The predicted molar refractivity (Wildman–Crippen MR) is 57.8 cm³/mol. The molecule has 1 N–H and O–H groups in total. The van der Waals surface area contributed by atoms with Crippen LogP contribution in [0.2, 0.25) is 0 Å². The van der Waals surface area contributed by atoms with E-state index in [-0.39, 0.29) is 12.3 Å². The number of rotatable bonds is 3. The number of anilines is 1. The smallest absolute Gasteiger partial charge is 0.232 e. The van der Waals surface area contributed by atoms with Gasteiger partial charge in [-0.25, -0.2) is 0 Å². The van der Waals surface area contributed by atoms with Crippen molar-refractivity contribution in [2.45, 2.75) is 13.3 Å². The molecule has 2 aromatic heterocycles. The van der Waals surface area contributed by atoms with Crippen LogP contribution in [0.25, 0.3) is 0 Å². The van der Waals surface area contributed by atoms with Crippen molar-refractivity contribution >= 4 is 11.6 Å². The first-order valence-corrected chi connectivity index (χ1v) is 4.86. The molecule has 0 aliphatic heterocycles. The zero-order chi connectivity index (χ0) is 11.4. The molecule has 0 radical (unpaired) electrons. The van der Waals surface area contributed by atoms with Crippen molar-refractivity contribution in [3.05, 3.63) is 42.0 Å². The Morgan fingerprint density at radius 2 is 2.19 bits per heavy atom. The molecule has 0 aromatic carbocycles. The van der Waals surface area contributed by atoms with Gasteiger partial charge in [0.25, 0.3) is 0 Å². The fraction of sp³-hybridized carbons (Fsp3) is 0.182. The summed E-state index contributed by atoms with van der Waals surface area (Å²) in [6.45, 7) is 1.81. The molecule has 0 saturated carbocycles. The molecule has 2 aromatic rings. The number of aryl methyl sites for hydroxylation is 1. The second-order valence-corrected chi connectivity index (χ2v) is 3.40. The van der Waals surface area contributed by atoms with Crippen LogP contribution in [0.5, 0.6) is 0 Å². The summed E-state index contributed by atoms with van der Waals surface area (Å²) >= 11 is 0. The summed E-state index contributed by atoms with van der Waals surface area (Å²) in [6.07, 6.45) is 3.42. The van der Waals surface area contributed by atoms with Crippen LogP contribution in [0.15, 0.2) is 35.1 Å². The van der Waals surface area contributed by atoms with Crippen LogP contribution in [0, 0.1) is 6.92 Å². The Morgan fingerprint density at radius 1 is 1.44 bits per heavy atom. The monoisotopic (exact) mass is 217 g/mol. The van der Waals surface area contributed by atoms with Gasteiger partial charge < -0.3 is 9.84 Å². The van der Waals surface area contributed by atoms with Gasteiger partial charge in [-0.1, -0.05) is 5.16 Å². The lowest BCUT2D eigenvalue weighted by molar-refractivity contribution is -0.115. The molecule has 5 heteroatoms. The molecule has 2 heterocycles. The van der Waals surface area contributed by atoms with Gasteiger partial charge in [0, 0.05) is 24.1 Å². The molecule has 0 aliphatic carbocycles. The first-order valence-electron chi connectivity index (χ1n) is 4.86. The van der Waals surface area contributed by atoms with Crippen molar-refractivity contribution in [3.63, 3.8) is 0 Å². The quantitative estimate of drug-likeness (QED) is 0.847. The number of nitrogens with zero attached hydrogens (tertiary/aromatic N) is 2. The fourth-order valence-electron chi connectivity index (χ4n) is 1.30. The summed E-state index contributed by atoms with van der Waals surface area (Å²) in [5, 5.41) is 6.44. The van der Waals surface area contributed by atoms with Gasteiger partial charge in [0.05, 0.1) is 12.1 Å². The van der Waals surface area contributed by atoms with Crippen molar-refractivity contribution in [3.8, 4) is 0 Å². The Kier molecular flexibility index (Phi) is 2.95. The zero-order valence-electron chi connectivity index (χ0n) is 8.80. The van der Waals surface area contributed by atoms with Crippen LogP contribution in [-0.2, 0) is 11.2 Å². The Labute approximate surface area is 92.5 Å². The lowest BCUT2D eigenvalue weighted by Crippen LogP contribution is -2.13. The van der Waals surface area contributed by atoms with Gasteiger partial charge >= 0.3 is 0 Å². The van der Waals surface area contributed by atoms with E-state index in [9.17, 15) is 4.79 Å². The maximum atomic E-state index is 11.6. The van der Waals surface area contributed by atoms with E-state index < -0.39 is 0 Å². The minimum Gasteiger partial charge on any atom is -0.361 e. The fourth-order valence-corrected chi connectivity index (χ4v) is 1.30. The van der Waals surface area contributed by atoms with Crippen molar-refractivity contribution < 1.29 is 9.32 Å². The third-order valence-electron chi connectivity index (χ3n) is 1.98. The predicted octanol–water partition coefficient (Wildman–Crippen LogP) is 1.56. The Hall–Kier alpha value is -2.17. The molecule has 0 unspecified atom stereocenters. The summed E-state index contributed by atoms with van der Waals surface area (Å²) in [5.74, 6) is 0.423. The van der Waals surface area contributed by atoms with Crippen molar-refractivity contribution in [1.82, 2.24) is 10.1 Å². The third-order valence-corrected chi connectivity index (χ3v) is 1.98. The highest BCUT2D eigenvalue weighted by Crippen LogP contribution is 2.07. The summed E-state index contributed by atoms with van der Waals surface area (Å²) in [7, 11) is 0. The molecular weight excluding hydrogens is 206 g/mol. The largest absolute Gasteiger partial charge is 0.361 e. The molecule has 0 atom stereocenters. The number of hydrogen-bond acceptors (Lipinski definition) is 4. The molecule has 5 nitrogen and oxygen atoms in total. The van der Waals surface area contributed by atoms with Crippen molar-refractivity contribution in [2.75, 3.05) is 5.32 Å². The van der Waals surface area contributed by atoms with Gasteiger partial charge in [-0.15, -0.1) is 0 Å². The van der Waals surface area contributed by atoms with Crippen LogP contribution < -0.4 is 5.32 Å². The second kappa shape index (κ2) is 4.57. The first kappa shape index (κ1) is 10.4. The number of carbonyl (C=O) groups is 1. The van der Waals surface area contributed by atoms with Crippen LogP contribution in [0.3, 0.4) is 0 Å². The minimum atomic E-state index is -0.137. The number of hydrogen-bond donors (Lipinski definition) is 1. The average molecular weight is 217 g/mol. The topological polar surface area (TPSA) is 68.0 Å². The summed E-state index contributed by atoms with van der Waals surface area (Å²) in [5.41, 5.74) is 1.49. The van der Waals surface area contributed by atoms with Crippen molar-refractivity contribution in [1.29, 1.82) is 0 Å². The zero-order valence-corrected chi connectivity index (χ0v) is 8.80. The molecule has 0 aliphatic rings. The van der Waals surface area contributed by atoms with E-state index in [1.807, 2.05) is 6.92 Å². The maximum Gasteiger partial charge on any atom is 0.232 e. The van der Waals surface area contributed by atoms with E-state index in [2.05, 4.69) is 15.5 Å². The minimum absolute atomic E-state index is 0.137. The highest BCUT2D eigenvalue weighted by atomic mass is 16.5. The SMILES string of the molecule is Cc1cc(CC(=O)Nc2ccncc2)on1. The highest BCUT2D eigenvalue weighted by molar-refractivity contribution is 5.91. The van der Waals surface area contributed by atoms with Crippen molar-refractivity contribution in [2.24, 2.45) is 0 Å². The Balaban J connectivity index is 1.95. The Bertz CT molecular complexity index is 479. The molecule has 0 bridgehead atoms. The van der Waals surface area contributed by atoms with Crippen LogP contribution in [0.4, 0.5) is 5.69 Å². The highest BCUT2D eigenvalue weighted by Gasteiger charge is 2.07. The van der Waals surface area contributed by atoms with E-state index in [0.717, 1.165) is 11.4 Å². The average Bonchev–Trinajstić information content (AvgIpc) is 2.65. The van der Waals surface area contributed by atoms with E-state index >= 15 is 0 Å². The molecule has 1 amide bonds. The van der Waals surface area contributed by atoms with Gasteiger partial charge in [0.2, 0.25) is 5.91 Å². The van der Waals surface area contributed by atoms with E-state index in [0.29, 0.717) is 5.76 Å². The maximum absolute atomic E-state index is 11.6. The molecule has 2 rings (SSSR count). The van der Waals surface area contributed by atoms with Gasteiger partial charge in [0.15, 0.2) is 0 Å². The van der Waals surface area contributed by atoms with Gasteiger partial charge in [0.1, 0.15) is 5.76 Å². The van der Waals surface area contributed by atoms with Gasteiger partial charge in [-0.2, -0.15) is 0 Å². The number of amides is 1. The number of pyridine rings is 1. The standard InChI is InChI=1S/C11H11N3O2/c1-8-6-10(16-14-8)7-11(15)13-9-2-4-12-5-3-9/h2-6H,7H2,1H3,(H,12,13,15). The third kappa shape index (κ3) is 2.66. The van der Waals surface area contributed by atoms with Crippen LogP contribution in [0.1, 0.15) is 11.5 Å². The molecule has 82 valence electrons. The number of carbonyl (C=O) groups excluding carboxylic acids is 1. The van der Waals surface area contributed by atoms with E-state index in [1.54, 1.807) is 30.6 Å². The summed E-state index contributed by atoms with van der Waals surface area (Å²) in [4.78, 5) is 15.4.